The Bertz CT molecular complexity index is 833. The molecular weight excluding hydrogens is 400 g/mol. The van der Waals surface area contributed by atoms with E-state index in [-0.39, 0.29) is 24.9 Å². The molecule has 28 heavy (non-hydrogen) atoms. The highest BCUT2D eigenvalue weighted by Gasteiger charge is 2.20. The summed E-state index contributed by atoms with van der Waals surface area (Å²) < 4.78 is 10.4. The van der Waals surface area contributed by atoms with E-state index in [1.54, 1.807) is 11.4 Å². The molecule has 1 N–H and O–H groups in total. The maximum absolute atomic E-state index is 12.2. The van der Waals surface area contributed by atoms with Crippen molar-refractivity contribution < 1.29 is 19.1 Å². The first-order valence-electron chi connectivity index (χ1n) is 9.28. The lowest BCUT2D eigenvalue weighted by atomic mass is 9.84. The zero-order valence-corrected chi connectivity index (χ0v) is 17.3. The average molecular weight is 423 g/mol. The molecule has 3 rings (SSSR count). The van der Waals surface area contributed by atoms with Crippen LogP contribution in [-0.4, -0.2) is 30.6 Å². The summed E-state index contributed by atoms with van der Waals surface area (Å²) in [5, 5.41) is 5.52. The maximum Gasteiger partial charge on any atom is 0.311 e. The van der Waals surface area contributed by atoms with Crippen molar-refractivity contribution in [1.29, 1.82) is 0 Å². The number of hydrogen-bond acceptors (Lipinski definition) is 6. The van der Waals surface area contributed by atoms with Gasteiger partial charge < -0.3 is 9.47 Å². The summed E-state index contributed by atoms with van der Waals surface area (Å²) in [7, 11) is 1.33. The van der Waals surface area contributed by atoms with Crippen molar-refractivity contribution in [1.82, 2.24) is 4.98 Å². The van der Waals surface area contributed by atoms with Gasteiger partial charge in [-0.3, -0.25) is 14.9 Å². The number of amides is 1. The Kier molecular flexibility index (Phi) is 7.28. The van der Waals surface area contributed by atoms with Crippen LogP contribution in [0.4, 0.5) is 5.13 Å². The van der Waals surface area contributed by atoms with Gasteiger partial charge in [0.2, 0.25) is 0 Å². The number of rotatable bonds is 7. The minimum Gasteiger partial charge on any atom is -0.483 e. The lowest BCUT2D eigenvalue weighted by Crippen LogP contribution is -2.21. The SMILES string of the molecule is COC(=O)Cc1csc(NC(=O)COc2ccc(Cl)cc2C2CCCCC2)n1. The lowest BCUT2D eigenvalue weighted by molar-refractivity contribution is -0.139. The minimum atomic E-state index is -0.371. The molecule has 1 aliphatic carbocycles. The van der Waals surface area contributed by atoms with Crippen LogP contribution in [-0.2, 0) is 20.7 Å². The first-order valence-corrected chi connectivity index (χ1v) is 10.5. The van der Waals surface area contributed by atoms with Crippen LogP contribution in [0, 0.1) is 0 Å². The lowest BCUT2D eigenvalue weighted by Gasteiger charge is -2.24. The molecule has 150 valence electrons. The predicted octanol–water partition coefficient (Wildman–Crippen LogP) is 4.58. The van der Waals surface area contributed by atoms with Gasteiger partial charge in [0, 0.05) is 10.4 Å². The monoisotopic (exact) mass is 422 g/mol. The van der Waals surface area contributed by atoms with Crippen LogP contribution >= 0.6 is 22.9 Å². The smallest absolute Gasteiger partial charge is 0.311 e. The van der Waals surface area contributed by atoms with Crippen molar-refractivity contribution >= 4 is 39.9 Å². The van der Waals surface area contributed by atoms with Crippen molar-refractivity contribution in [3.05, 3.63) is 39.9 Å². The predicted molar refractivity (Wildman–Crippen MR) is 109 cm³/mol. The third-order valence-electron chi connectivity index (χ3n) is 4.73. The van der Waals surface area contributed by atoms with Crippen LogP contribution in [0.2, 0.25) is 5.02 Å². The third kappa shape index (κ3) is 5.69. The molecule has 1 aliphatic rings. The van der Waals surface area contributed by atoms with Crippen molar-refractivity contribution in [2.75, 3.05) is 19.0 Å². The number of carbonyl (C=O) groups is 2. The average Bonchev–Trinajstić information content (AvgIpc) is 3.14. The Labute approximate surface area is 173 Å². The van der Waals surface area contributed by atoms with Crippen LogP contribution in [0.15, 0.2) is 23.6 Å². The highest BCUT2D eigenvalue weighted by atomic mass is 35.5. The van der Waals surface area contributed by atoms with E-state index >= 15 is 0 Å². The number of anilines is 1. The molecule has 0 spiro atoms. The van der Waals surface area contributed by atoms with Crippen molar-refractivity contribution in [2.24, 2.45) is 0 Å². The van der Waals surface area contributed by atoms with E-state index in [0.29, 0.717) is 27.5 Å². The summed E-state index contributed by atoms with van der Waals surface area (Å²) in [5.41, 5.74) is 1.64. The first-order chi connectivity index (χ1) is 13.5. The number of nitrogens with zero attached hydrogens (tertiary/aromatic N) is 1. The Balaban J connectivity index is 1.58. The van der Waals surface area contributed by atoms with Crippen LogP contribution < -0.4 is 10.1 Å². The van der Waals surface area contributed by atoms with E-state index in [2.05, 4.69) is 15.0 Å². The van der Waals surface area contributed by atoms with Crippen molar-refractivity contribution in [2.45, 2.75) is 44.4 Å². The number of benzene rings is 1. The molecule has 8 heteroatoms. The molecule has 1 aromatic heterocycles. The fourth-order valence-electron chi connectivity index (χ4n) is 3.35. The van der Waals surface area contributed by atoms with Gasteiger partial charge in [-0.25, -0.2) is 4.98 Å². The first kappa shape index (κ1) is 20.6. The molecule has 1 heterocycles. The van der Waals surface area contributed by atoms with Gasteiger partial charge in [0.15, 0.2) is 11.7 Å². The van der Waals surface area contributed by atoms with Gasteiger partial charge in [-0.2, -0.15) is 0 Å². The van der Waals surface area contributed by atoms with Gasteiger partial charge in [-0.15, -0.1) is 11.3 Å². The number of nitrogens with one attached hydrogen (secondary N) is 1. The number of ether oxygens (including phenoxy) is 2. The molecule has 0 saturated heterocycles. The van der Waals surface area contributed by atoms with E-state index in [1.165, 1.54) is 37.7 Å². The van der Waals surface area contributed by atoms with Gasteiger partial charge in [-0.1, -0.05) is 30.9 Å². The number of aromatic nitrogens is 1. The van der Waals surface area contributed by atoms with E-state index in [4.69, 9.17) is 16.3 Å². The summed E-state index contributed by atoms with van der Waals surface area (Å²) in [4.78, 5) is 27.7. The van der Waals surface area contributed by atoms with Crippen molar-refractivity contribution in [3.63, 3.8) is 0 Å². The summed E-state index contributed by atoms with van der Waals surface area (Å²) >= 11 is 7.44. The summed E-state index contributed by atoms with van der Waals surface area (Å²) in [5.74, 6) is 0.454. The fourth-order valence-corrected chi connectivity index (χ4v) is 4.25. The molecule has 0 radical (unpaired) electrons. The molecule has 1 amide bonds. The van der Waals surface area contributed by atoms with Gasteiger partial charge in [0.1, 0.15) is 5.75 Å². The molecule has 2 aromatic rings. The van der Waals surface area contributed by atoms with Crippen LogP contribution in [0.25, 0.3) is 0 Å². The Morgan fingerprint density at radius 2 is 2.07 bits per heavy atom. The number of hydrogen-bond donors (Lipinski definition) is 1. The Morgan fingerprint density at radius 3 is 2.82 bits per heavy atom. The van der Waals surface area contributed by atoms with Gasteiger partial charge in [0.05, 0.1) is 19.2 Å². The standard InChI is InChI=1S/C20H23ClN2O4S/c1-26-19(25)10-15-12-28-20(22-15)23-18(24)11-27-17-8-7-14(21)9-16(17)13-5-3-2-4-6-13/h7-9,12-13H,2-6,10-11H2,1H3,(H,22,23,24). The van der Waals surface area contributed by atoms with Crippen LogP contribution in [0.1, 0.15) is 49.3 Å². The van der Waals surface area contributed by atoms with E-state index in [9.17, 15) is 9.59 Å². The molecule has 1 fully saturated rings. The second-order valence-corrected chi connectivity index (χ2v) is 8.05. The van der Waals surface area contributed by atoms with Crippen LogP contribution in [0.3, 0.4) is 0 Å². The highest BCUT2D eigenvalue weighted by molar-refractivity contribution is 7.13. The molecular formula is C20H23ClN2O4S. The summed E-state index contributed by atoms with van der Waals surface area (Å²) in [6.45, 7) is -0.118. The number of thiazole rings is 1. The van der Waals surface area contributed by atoms with Crippen LogP contribution in [0.5, 0.6) is 5.75 Å². The third-order valence-corrected chi connectivity index (χ3v) is 5.77. The molecule has 0 aliphatic heterocycles. The largest absolute Gasteiger partial charge is 0.483 e. The molecule has 0 bridgehead atoms. The normalized spacial score (nSPS) is 14.5. The quantitative estimate of drug-likeness (QED) is 0.661. The number of esters is 1. The fraction of sp³-hybridized carbons (Fsp3) is 0.450. The molecule has 0 atom stereocenters. The number of halogens is 1. The second kappa shape index (κ2) is 9.89. The van der Waals surface area contributed by atoms with E-state index in [1.807, 2.05) is 12.1 Å². The van der Waals surface area contributed by atoms with E-state index < -0.39 is 0 Å². The Hall–Kier alpha value is -2.12. The zero-order chi connectivity index (χ0) is 19.9. The van der Waals surface area contributed by atoms with Gasteiger partial charge in [0.25, 0.3) is 5.91 Å². The minimum absolute atomic E-state index is 0.0783. The van der Waals surface area contributed by atoms with Gasteiger partial charge >= 0.3 is 5.97 Å². The number of carbonyl (C=O) groups excluding carboxylic acids is 2. The van der Waals surface area contributed by atoms with Crippen molar-refractivity contribution in [3.8, 4) is 5.75 Å². The molecule has 1 saturated carbocycles. The van der Waals surface area contributed by atoms with E-state index in [0.717, 1.165) is 18.4 Å². The maximum atomic E-state index is 12.2. The zero-order valence-electron chi connectivity index (χ0n) is 15.7. The Morgan fingerprint density at radius 1 is 1.29 bits per heavy atom. The molecule has 0 unspecified atom stereocenters. The molecule has 6 nitrogen and oxygen atoms in total. The second-order valence-electron chi connectivity index (χ2n) is 6.75. The topological polar surface area (TPSA) is 77.5 Å². The molecule has 1 aromatic carbocycles. The summed E-state index contributed by atoms with van der Waals surface area (Å²) in [6, 6.07) is 5.56. The van der Waals surface area contributed by atoms with Gasteiger partial charge in [-0.05, 0) is 42.5 Å². The summed E-state index contributed by atoms with van der Waals surface area (Å²) in [6.07, 6.45) is 5.98. The highest BCUT2D eigenvalue weighted by Crippen LogP contribution is 2.38. The number of methoxy groups -OCH3 is 1.